The van der Waals surface area contributed by atoms with Crippen LogP contribution in [0.1, 0.15) is 13.8 Å². The summed E-state index contributed by atoms with van der Waals surface area (Å²) in [5.74, 6) is -0.168. The van der Waals surface area contributed by atoms with Crippen molar-refractivity contribution in [3.05, 3.63) is 35.9 Å². The van der Waals surface area contributed by atoms with Crippen molar-refractivity contribution in [2.45, 2.75) is 18.7 Å². The van der Waals surface area contributed by atoms with Crippen molar-refractivity contribution in [1.29, 1.82) is 0 Å². The minimum atomic E-state index is -3.70. The van der Waals surface area contributed by atoms with E-state index in [1.165, 1.54) is 35.2 Å². The second-order valence-corrected chi connectivity index (χ2v) is 5.72. The van der Waals surface area contributed by atoms with Crippen molar-refractivity contribution < 1.29 is 13.2 Å². The van der Waals surface area contributed by atoms with Gasteiger partial charge in [0.15, 0.2) is 0 Å². The van der Waals surface area contributed by atoms with E-state index >= 15 is 0 Å². The van der Waals surface area contributed by atoms with Gasteiger partial charge in [-0.15, -0.1) is 0 Å². The molecule has 98 valence electrons. The summed E-state index contributed by atoms with van der Waals surface area (Å²) in [5, 5.41) is 4.99. The molecule has 0 aliphatic rings. The number of benzene rings is 1. The molecule has 0 saturated heterocycles. The van der Waals surface area contributed by atoms with Gasteiger partial charge in [-0.1, -0.05) is 5.57 Å². The van der Waals surface area contributed by atoms with Gasteiger partial charge in [-0.05, 0) is 38.1 Å². The number of primary sulfonamides is 1. The first kappa shape index (κ1) is 14.4. The van der Waals surface area contributed by atoms with Crippen LogP contribution in [0.2, 0.25) is 0 Å². The molecule has 1 rings (SSSR count). The van der Waals surface area contributed by atoms with Crippen molar-refractivity contribution in [3.8, 4) is 0 Å². The quantitative estimate of drug-likeness (QED) is 0.838. The third-order valence-corrected chi connectivity index (χ3v) is 3.22. The number of carbonyl (C=O) groups is 1. The van der Waals surface area contributed by atoms with E-state index in [1.54, 1.807) is 7.05 Å². The molecule has 0 aliphatic carbocycles. The van der Waals surface area contributed by atoms with Crippen molar-refractivity contribution >= 4 is 21.6 Å². The summed E-state index contributed by atoms with van der Waals surface area (Å²) >= 11 is 0. The number of hydrogen-bond donors (Lipinski definition) is 1. The molecule has 1 aromatic rings. The molecular weight excluding hydrogens is 252 g/mol. The van der Waals surface area contributed by atoms with Gasteiger partial charge in [-0.3, -0.25) is 4.79 Å². The normalized spacial score (nSPS) is 10.9. The molecule has 0 heterocycles. The number of amides is 1. The van der Waals surface area contributed by atoms with Gasteiger partial charge in [0.05, 0.1) is 4.90 Å². The zero-order valence-corrected chi connectivity index (χ0v) is 11.4. The summed E-state index contributed by atoms with van der Waals surface area (Å²) in [6.45, 7) is 3.66. The van der Waals surface area contributed by atoms with Crippen molar-refractivity contribution in [3.63, 3.8) is 0 Å². The highest BCUT2D eigenvalue weighted by Gasteiger charge is 2.11. The number of sulfonamides is 1. The Morgan fingerprint density at radius 1 is 1.22 bits per heavy atom. The molecule has 0 unspecified atom stereocenters. The predicted molar refractivity (Wildman–Crippen MR) is 70.7 cm³/mol. The topological polar surface area (TPSA) is 80.5 Å². The molecule has 2 N–H and O–H groups in total. The molecule has 18 heavy (non-hydrogen) atoms. The fourth-order valence-electron chi connectivity index (χ4n) is 1.33. The van der Waals surface area contributed by atoms with Crippen molar-refractivity contribution in [2.24, 2.45) is 5.14 Å². The highest BCUT2D eigenvalue weighted by molar-refractivity contribution is 7.89. The fraction of sp³-hybridized carbons (Fsp3) is 0.250. The summed E-state index contributed by atoms with van der Waals surface area (Å²) in [6, 6.07) is 5.82. The molecular formula is C12H16N2O3S. The standard InChI is InChI=1S/C12H16N2O3S/c1-9(2)8-12(15)14(3)10-4-6-11(7-5-10)18(13,16)17/h4-8H,1-3H3,(H2,13,16,17). The minimum absolute atomic E-state index is 0.0225. The molecule has 0 atom stereocenters. The van der Waals surface area contributed by atoms with E-state index in [4.69, 9.17) is 5.14 Å². The number of likely N-dealkylation sites (N-methyl/N-ethyl adjacent to an activating group) is 1. The average Bonchev–Trinajstić information content (AvgIpc) is 2.26. The lowest BCUT2D eigenvalue weighted by atomic mass is 10.2. The van der Waals surface area contributed by atoms with Crippen LogP contribution in [0.5, 0.6) is 0 Å². The van der Waals surface area contributed by atoms with Crippen LogP contribution < -0.4 is 10.0 Å². The molecule has 0 aliphatic heterocycles. The van der Waals surface area contributed by atoms with Gasteiger partial charge in [0.25, 0.3) is 5.91 Å². The van der Waals surface area contributed by atoms with Gasteiger partial charge in [-0.25, -0.2) is 13.6 Å². The van der Waals surface area contributed by atoms with Crippen molar-refractivity contribution in [1.82, 2.24) is 0 Å². The highest BCUT2D eigenvalue weighted by Crippen LogP contribution is 2.16. The Kier molecular flexibility index (Phi) is 4.26. The summed E-state index contributed by atoms with van der Waals surface area (Å²) in [5.41, 5.74) is 1.50. The van der Waals surface area contributed by atoms with E-state index in [1.807, 2.05) is 13.8 Å². The summed E-state index contributed by atoms with van der Waals surface area (Å²) in [4.78, 5) is 13.2. The average molecular weight is 268 g/mol. The fourth-order valence-corrected chi connectivity index (χ4v) is 1.85. The van der Waals surface area contributed by atoms with Crippen LogP contribution in [0, 0.1) is 0 Å². The number of nitrogens with two attached hydrogens (primary N) is 1. The SMILES string of the molecule is CC(C)=CC(=O)N(C)c1ccc(S(N)(=O)=O)cc1. The van der Waals surface area contributed by atoms with Crippen LogP contribution in [0.25, 0.3) is 0 Å². The van der Waals surface area contributed by atoms with Crippen molar-refractivity contribution in [2.75, 3.05) is 11.9 Å². The van der Waals surface area contributed by atoms with Crippen LogP contribution >= 0.6 is 0 Å². The number of nitrogens with zero attached hydrogens (tertiary/aromatic N) is 1. The smallest absolute Gasteiger partial charge is 0.250 e. The van der Waals surface area contributed by atoms with Crippen LogP contribution in [0.15, 0.2) is 40.8 Å². The van der Waals surface area contributed by atoms with Crippen LogP contribution in [-0.4, -0.2) is 21.4 Å². The number of hydrogen-bond acceptors (Lipinski definition) is 3. The number of rotatable bonds is 3. The van der Waals surface area contributed by atoms with Crippen LogP contribution in [0.4, 0.5) is 5.69 Å². The summed E-state index contributed by atoms with van der Waals surface area (Å²) in [6.07, 6.45) is 1.51. The lowest BCUT2D eigenvalue weighted by Crippen LogP contribution is -2.24. The zero-order valence-electron chi connectivity index (χ0n) is 10.5. The largest absolute Gasteiger partial charge is 0.312 e. The molecule has 0 radical (unpaired) electrons. The first-order valence-electron chi connectivity index (χ1n) is 5.27. The molecule has 0 bridgehead atoms. The highest BCUT2D eigenvalue weighted by atomic mass is 32.2. The Bertz CT molecular complexity index is 570. The van der Waals surface area contributed by atoms with Crippen LogP contribution in [-0.2, 0) is 14.8 Å². The minimum Gasteiger partial charge on any atom is -0.312 e. The van der Waals surface area contributed by atoms with Gasteiger partial charge in [-0.2, -0.15) is 0 Å². The Labute approximate surface area is 107 Å². The lowest BCUT2D eigenvalue weighted by molar-refractivity contribution is -0.113. The number of anilines is 1. The Morgan fingerprint density at radius 2 is 1.72 bits per heavy atom. The Hall–Kier alpha value is -1.66. The zero-order chi connectivity index (χ0) is 13.9. The molecule has 0 saturated carbocycles. The van der Waals surface area contributed by atoms with Gasteiger partial charge < -0.3 is 4.90 Å². The molecule has 0 spiro atoms. The number of carbonyl (C=O) groups excluding carboxylic acids is 1. The number of allylic oxidation sites excluding steroid dienone is 1. The molecule has 6 heteroatoms. The van der Waals surface area contributed by atoms with Gasteiger partial charge in [0, 0.05) is 18.8 Å². The third-order valence-electron chi connectivity index (χ3n) is 2.30. The Morgan fingerprint density at radius 3 is 2.11 bits per heavy atom. The Balaban J connectivity index is 2.99. The maximum absolute atomic E-state index is 11.7. The second-order valence-electron chi connectivity index (χ2n) is 4.16. The van der Waals surface area contributed by atoms with Gasteiger partial charge in [0.2, 0.25) is 10.0 Å². The van der Waals surface area contributed by atoms with E-state index in [0.717, 1.165) is 5.57 Å². The van der Waals surface area contributed by atoms with Gasteiger partial charge >= 0.3 is 0 Å². The van der Waals surface area contributed by atoms with E-state index in [-0.39, 0.29) is 10.8 Å². The van der Waals surface area contributed by atoms with E-state index in [2.05, 4.69) is 0 Å². The predicted octanol–water partition coefficient (Wildman–Crippen LogP) is 1.26. The maximum Gasteiger partial charge on any atom is 0.250 e. The van der Waals surface area contributed by atoms with E-state index < -0.39 is 10.0 Å². The van der Waals surface area contributed by atoms with Gasteiger partial charge in [0.1, 0.15) is 0 Å². The molecule has 1 amide bonds. The first-order valence-corrected chi connectivity index (χ1v) is 6.82. The molecule has 5 nitrogen and oxygen atoms in total. The van der Waals surface area contributed by atoms with E-state index in [0.29, 0.717) is 5.69 Å². The molecule has 0 fully saturated rings. The molecule has 1 aromatic carbocycles. The second kappa shape index (κ2) is 5.32. The third kappa shape index (κ3) is 3.68. The lowest BCUT2D eigenvalue weighted by Gasteiger charge is -2.15. The summed E-state index contributed by atoms with van der Waals surface area (Å²) in [7, 11) is -2.08. The monoisotopic (exact) mass is 268 g/mol. The first-order chi connectivity index (χ1) is 8.21. The molecule has 0 aromatic heterocycles. The van der Waals surface area contributed by atoms with E-state index in [9.17, 15) is 13.2 Å². The maximum atomic E-state index is 11.7. The van der Waals surface area contributed by atoms with Crippen LogP contribution in [0.3, 0.4) is 0 Å². The summed E-state index contributed by atoms with van der Waals surface area (Å²) < 4.78 is 22.2.